The van der Waals surface area contributed by atoms with Gasteiger partial charge in [0.25, 0.3) is 11.8 Å². The van der Waals surface area contributed by atoms with Gasteiger partial charge in [-0.25, -0.2) is 14.5 Å². The molecular weight excluding hydrogens is 592 g/mol. The molecule has 11 heteroatoms. The van der Waals surface area contributed by atoms with Crippen LogP contribution in [0.1, 0.15) is 28.4 Å². The first-order chi connectivity index (χ1) is 18.7. The van der Waals surface area contributed by atoms with Crippen molar-refractivity contribution >= 4 is 63.1 Å². The predicted molar refractivity (Wildman–Crippen MR) is 148 cm³/mol. The summed E-state index contributed by atoms with van der Waals surface area (Å²) >= 11 is 9.92. The summed E-state index contributed by atoms with van der Waals surface area (Å²) in [5.74, 6) is -1.65. The summed E-state index contributed by atoms with van der Waals surface area (Å²) in [6.45, 7) is 2.35. The van der Waals surface area contributed by atoms with Gasteiger partial charge in [0.05, 0.1) is 30.0 Å². The van der Waals surface area contributed by atoms with Crippen molar-refractivity contribution in [1.82, 2.24) is 5.32 Å². The molecule has 0 unspecified atom stereocenters. The minimum atomic E-state index is -0.919. The average molecular weight is 614 g/mol. The Kier molecular flexibility index (Phi) is 8.68. The largest absolute Gasteiger partial charge is 0.490 e. The maximum absolute atomic E-state index is 13.3. The van der Waals surface area contributed by atoms with Crippen molar-refractivity contribution in [3.05, 3.63) is 92.4 Å². The van der Waals surface area contributed by atoms with Crippen LogP contribution < -0.4 is 19.7 Å². The number of imide groups is 2. The van der Waals surface area contributed by atoms with Gasteiger partial charge in [-0.1, -0.05) is 39.7 Å². The van der Waals surface area contributed by atoms with E-state index in [1.165, 1.54) is 43.5 Å². The molecule has 0 spiro atoms. The topological polar surface area (TPSA) is 111 Å². The number of benzene rings is 3. The number of hydrogen-bond donors (Lipinski definition) is 1. The first kappa shape index (κ1) is 27.9. The van der Waals surface area contributed by atoms with Gasteiger partial charge < -0.3 is 14.2 Å². The van der Waals surface area contributed by atoms with Crippen LogP contribution in [0.15, 0.2) is 70.7 Å². The minimum Gasteiger partial charge on any atom is -0.490 e. The molecule has 4 amide bonds. The number of hydrogen-bond acceptors (Lipinski definition) is 7. The molecule has 3 aromatic carbocycles. The van der Waals surface area contributed by atoms with Crippen LogP contribution in [0.3, 0.4) is 0 Å². The summed E-state index contributed by atoms with van der Waals surface area (Å²) in [5, 5.41) is 2.37. The number of carbonyl (C=O) groups is 4. The molecular formula is C28H22BrClN2O7. The molecule has 200 valence electrons. The quantitative estimate of drug-likeness (QED) is 0.202. The van der Waals surface area contributed by atoms with E-state index in [1.807, 2.05) is 24.3 Å². The molecule has 1 fully saturated rings. The summed E-state index contributed by atoms with van der Waals surface area (Å²) < 4.78 is 17.3. The fraction of sp³-hybridized carbons (Fsp3) is 0.143. The van der Waals surface area contributed by atoms with Crippen molar-refractivity contribution in [2.75, 3.05) is 18.6 Å². The standard InChI is InChI=1S/C28H22BrClN2O7/c1-3-38-23-14-17(13-22(30)24(23)39-15-16-4-8-19(29)9-5-16)12-21-25(33)31-28(36)32(26(21)34)20-10-6-18(7-11-20)27(35)37-2/h4-14H,3,15H2,1-2H3,(H,31,33,36)/b21-12+. The zero-order valence-corrected chi connectivity index (χ0v) is 23.2. The lowest BCUT2D eigenvalue weighted by Gasteiger charge is -2.26. The van der Waals surface area contributed by atoms with Gasteiger partial charge in [-0.05, 0) is 72.7 Å². The molecule has 4 rings (SSSR count). The molecule has 0 saturated carbocycles. The van der Waals surface area contributed by atoms with E-state index >= 15 is 0 Å². The van der Waals surface area contributed by atoms with Crippen molar-refractivity contribution in [2.45, 2.75) is 13.5 Å². The number of anilines is 1. The second-order valence-corrected chi connectivity index (χ2v) is 9.50. The molecule has 1 aliphatic rings. The molecule has 0 aliphatic carbocycles. The van der Waals surface area contributed by atoms with E-state index in [2.05, 4.69) is 26.0 Å². The normalized spacial score (nSPS) is 14.3. The average Bonchev–Trinajstić information content (AvgIpc) is 2.91. The molecule has 1 aliphatic heterocycles. The van der Waals surface area contributed by atoms with Crippen LogP contribution in [0.5, 0.6) is 11.5 Å². The Labute approximate surface area is 237 Å². The van der Waals surface area contributed by atoms with E-state index in [0.717, 1.165) is 14.9 Å². The van der Waals surface area contributed by atoms with Gasteiger partial charge >= 0.3 is 12.0 Å². The van der Waals surface area contributed by atoms with E-state index in [4.69, 9.17) is 21.1 Å². The first-order valence-electron chi connectivity index (χ1n) is 11.6. The maximum Gasteiger partial charge on any atom is 0.337 e. The monoisotopic (exact) mass is 612 g/mol. The summed E-state index contributed by atoms with van der Waals surface area (Å²) in [6.07, 6.45) is 1.31. The molecule has 39 heavy (non-hydrogen) atoms. The van der Waals surface area contributed by atoms with Gasteiger partial charge in [0.2, 0.25) is 0 Å². The highest BCUT2D eigenvalue weighted by Gasteiger charge is 2.37. The Balaban J connectivity index is 1.63. The van der Waals surface area contributed by atoms with Crippen LogP contribution in [0.4, 0.5) is 10.5 Å². The third-order valence-corrected chi connectivity index (χ3v) is 6.40. The summed E-state index contributed by atoms with van der Waals surface area (Å²) in [4.78, 5) is 50.9. The van der Waals surface area contributed by atoms with Crippen molar-refractivity contribution in [1.29, 1.82) is 0 Å². The van der Waals surface area contributed by atoms with Crippen molar-refractivity contribution in [2.24, 2.45) is 0 Å². The van der Waals surface area contributed by atoms with Crippen LogP contribution in [-0.2, 0) is 20.9 Å². The first-order valence-corrected chi connectivity index (χ1v) is 12.8. The number of nitrogens with one attached hydrogen (secondary N) is 1. The number of urea groups is 1. The number of barbiturate groups is 1. The third kappa shape index (κ3) is 6.30. The Hall–Kier alpha value is -4.15. The Morgan fingerprint density at radius 1 is 1.03 bits per heavy atom. The van der Waals surface area contributed by atoms with Crippen molar-refractivity contribution < 1.29 is 33.4 Å². The highest BCUT2D eigenvalue weighted by atomic mass is 79.9. The number of methoxy groups -OCH3 is 1. The smallest absolute Gasteiger partial charge is 0.337 e. The Morgan fingerprint density at radius 3 is 2.36 bits per heavy atom. The number of halogens is 2. The van der Waals surface area contributed by atoms with Crippen LogP contribution in [0, 0.1) is 0 Å². The number of rotatable bonds is 8. The SMILES string of the molecule is CCOc1cc(/C=C2\C(=O)NC(=O)N(c3ccc(C(=O)OC)cc3)C2=O)cc(Cl)c1OCc1ccc(Br)cc1. The van der Waals surface area contributed by atoms with Crippen LogP contribution in [0.2, 0.25) is 5.02 Å². The Morgan fingerprint density at radius 2 is 1.72 bits per heavy atom. The minimum absolute atomic E-state index is 0.160. The fourth-order valence-electron chi connectivity index (χ4n) is 3.73. The molecule has 9 nitrogen and oxygen atoms in total. The Bertz CT molecular complexity index is 1470. The maximum atomic E-state index is 13.3. The molecule has 1 saturated heterocycles. The zero-order valence-electron chi connectivity index (χ0n) is 20.8. The lowest BCUT2D eigenvalue weighted by Crippen LogP contribution is -2.54. The van der Waals surface area contributed by atoms with Crippen LogP contribution in [-0.4, -0.2) is 37.5 Å². The van der Waals surface area contributed by atoms with Gasteiger partial charge in [-0.15, -0.1) is 0 Å². The van der Waals surface area contributed by atoms with E-state index in [-0.39, 0.29) is 28.5 Å². The number of ether oxygens (including phenoxy) is 3. The fourth-order valence-corrected chi connectivity index (χ4v) is 4.27. The second-order valence-electron chi connectivity index (χ2n) is 8.17. The predicted octanol–water partition coefficient (Wildman–Crippen LogP) is 5.53. The summed E-state index contributed by atoms with van der Waals surface area (Å²) in [7, 11) is 1.24. The molecule has 0 bridgehead atoms. The highest BCUT2D eigenvalue weighted by Crippen LogP contribution is 2.38. The van der Waals surface area contributed by atoms with Crippen molar-refractivity contribution in [3.63, 3.8) is 0 Å². The summed E-state index contributed by atoms with van der Waals surface area (Å²) in [6, 6.07) is 15.4. The number of esters is 1. The number of carbonyl (C=O) groups excluding carboxylic acids is 4. The number of nitrogens with zero attached hydrogens (tertiary/aromatic N) is 1. The van der Waals surface area contributed by atoms with Crippen LogP contribution in [0.25, 0.3) is 6.08 Å². The van der Waals surface area contributed by atoms with Crippen LogP contribution >= 0.6 is 27.5 Å². The highest BCUT2D eigenvalue weighted by molar-refractivity contribution is 9.10. The molecule has 0 atom stereocenters. The molecule has 0 radical (unpaired) electrons. The second kappa shape index (κ2) is 12.1. The van der Waals surface area contributed by atoms with E-state index in [1.54, 1.807) is 13.0 Å². The van der Waals surface area contributed by atoms with E-state index < -0.39 is 23.8 Å². The van der Waals surface area contributed by atoms with Crippen molar-refractivity contribution in [3.8, 4) is 11.5 Å². The van der Waals surface area contributed by atoms with E-state index in [9.17, 15) is 19.2 Å². The number of amides is 4. The summed E-state index contributed by atoms with van der Waals surface area (Å²) in [5.41, 5.74) is 1.39. The van der Waals surface area contributed by atoms with E-state index in [0.29, 0.717) is 23.7 Å². The van der Waals surface area contributed by atoms with Gasteiger partial charge in [-0.2, -0.15) is 0 Å². The molecule has 1 N–H and O–H groups in total. The third-order valence-electron chi connectivity index (χ3n) is 5.59. The zero-order chi connectivity index (χ0) is 28.1. The van der Waals surface area contributed by atoms with Gasteiger partial charge in [-0.3, -0.25) is 14.9 Å². The molecule has 3 aromatic rings. The van der Waals surface area contributed by atoms with Gasteiger partial charge in [0, 0.05) is 4.47 Å². The molecule has 1 heterocycles. The lowest BCUT2D eigenvalue weighted by molar-refractivity contribution is -0.122. The molecule has 0 aromatic heterocycles. The van der Waals surface area contributed by atoms with Gasteiger partial charge in [0.15, 0.2) is 11.5 Å². The van der Waals surface area contributed by atoms with Gasteiger partial charge in [0.1, 0.15) is 12.2 Å². The lowest BCUT2D eigenvalue weighted by atomic mass is 10.1.